The molecule has 0 bridgehead atoms. The quantitative estimate of drug-likeness (QED) is 0.666. The number of carboxylic acid groups (broad SMARTS) is 1. The summed E-state index contributed by atoms with van der Waals surface area (Å²) in [7, 11) is 0. The predicted octanol–water partition coefficient (Wildman–Crippen LogP) is 3.34. The van der Waals surface area contributed by atoms with Gasteiger partial charge in [-0.15, -0.1) is 0 Å². The van der Waals surface area contributed by atoms with Crippen molar-refractivity contribution in [3.05, 3.63) is 39.1 Å². The van der Waals surface area contributed by atoms with Gasteiger partial charge in [0.25, 0.3) is 0 Å². The molecule has 0 aliphatic heterocycles. The third kappa shape index (κ3) is 2.56. The Balaban J connectivity index is 3.19. The van der Waals surface area contributed by atoms with Crippen LogP contribution in [0.4, 0.5) is 4.39 Å². The lowest BCUT2D eigenvalue weighted by Gasteiger charge is -2.02. The first kappa shape index (κ1) is 11.2. The van der Waals surface area contributed by atoms with Crippen LogP contribution >= 0.6 is 27.5 Å². The van der Waals surface area contributed by atoms with Crippen LogP contribution in [0.2, 0.25) is 5.02 Å². The second-order valence-corrected chi connectivity index (χ2v) is 3.63. The van der Waals surface area contributed by atoms with E-state index < -0.39 is 11.8 Å². The number of benzene rings is 1. The molecule has 0 aliphatic carbocycles. The molecule has 74 valence electrons. The van der Waals surface area contributed by atoms with Gasteiger partial charge in [0.1, 0.15) is 5.82 Å². The molecule has 0 radical (unpaired) electrons. The zero-order chi connectivity index (χ0) is 10.7. The lowest BCUT2D eigenvalue weighted by molar-refractivity contribution is -0.131. The van der Waals surface area contributed by atoms with Crippen molar-refractivity contribution in [1.82, 2.24) is 0 Å². The van der Waals surface area contributed by atoms with Crippen LogP contribution in [0.3, 0.4) is 0 Å². The predicted molar refractivity (Wildman–Crippen MR) is 55.8 cm³/mol. The molecule has 1 aromatic carbocycles. The summed E-state index contributed by atoms with van der Waals surface area (Å²) >= 11 is 8.72. The van der Waals surface area contributed by atoms with E-state index in [-0.39, 0.29) is 9.50 Å². The molecule has 0 saturated heterocycles. The van der Waals surface area contributed by atoms with Crippen molar-refractivity contribution in [1.29, 1.82) is 0 Å². The molecule has 0 fully saturated rings. The summed E-state index contributed by atoms with van der Waals surface area (Å²) in [6.07, 6.45) is 2.13. The average molecular weight is 279 g/mol. The summed E-state index contributed by atoms with van der Waals surface area (Å²) in [5.74, 6) is -1.60. The molecule has 0 aromatic heterocycles. The number of carboxylic acids is 1. The molecule has 1 N–H and O–H groups in total. The summed E-state index contributed by atoms with van der Waals surface area (Å²) in [6, 6.07) is 2.56. The highest BCUT2D eigenvalue weighted by molar-refractivity contribution is 9.10. The van der Waals surface area contributed by atoms with E-state index in [1.54, 1.807) is 0 Å². The molecule has 0 atom stereocenters. The molecular formula is C9H5BrClFO2. The highest BCUT2D eigenvalue weighted by atomic mass is 79.9. The van der Waals surface area contributed by atoms with Crippen LogP contribution < -0.4 is 0 Å². The van der Waals surface area contributed by atoms with Crippen molar-refractivity contribution in [3.63, 3.8) is 0 Å². The molecule has 0 unspecified atom stereocenters. The Bertz CT molecular complexity index is 404. The third-order valence-corrected chi connectivity index (χ3v) is 2.61. The van der Waals surface area contributed by atoms with E-state index in [9.17, 15) is 9.18 Å². The summed E-state index contributed by atoms with van der Waals surface area (Å²) in [5.41, 5.74) is 0.314. The Morgan fingerprint density at radius 2 is 2.21 bits per heavy atom. The first-order valence-electron chi connectivity index (χ1n) is 3.57. The number of halogens is 3. The van der Waals surface area contributed by atoms with Crippen LogP contribution in [0.25, 0.3) is 6.08 Å². The smallest absolute Gasteiger partial charge is 0.328 e. The van der Waals surface area contributed by atoms with Gasteiger partial charge in [0.15, 0.2) is 0 Å². The highest BCUT2D eigenvalue weighted by Crippen LogP contribution is 2.28. The van der Waals surface area contributed by atoms with Gasteiger partial charge in [-0.05, 0) is 34.1 Å². The maximum absolute atomic E-state index is 13.0. The van der Waals surface area contributed by atoms with E-state index in [4.69, 9.17) is 16.7 Å². The second-order valence-electron chi connectivity index (χ2n) is 2.43. The van der Waals surface area contributed by atoms with Crippen LogP contribution in [0.5, 0.6) is 0 Å². The van der Waals surface area contributed by atoms with Crippen LogP contribution in [0.1, 0.15) is 5.56 Å². The minimum absolute atomic E-state index is 0.155. The van der Waals surface area contributed by atoms with Gasteiger partial charge in [-0.1, -0.05) is 11.6 Å². The highest BCUT2D eigenvalue weighted by Gasteiger charge is 2.07. The molecule has 0 spiro atoms. The van der Waals surface area contributed by atoms with Crippen molar-refractivity contribution in [2.75, 3.05) is 0 Å². The molecule has 0 aliphatic rings. The number of hydrogen-bond acceptors (Lipinski definition) is 1. The van der Waals surface area contributed by atoms with Gasteiger partial charge in [0, 0.05) is 16.7 Å². The van der Waals surface area contributed by atoms with Crippen molar-refractivity contribution in [2.24, 2.45) is 0 Å². The molecule has 0 heterocycles. The molecule has 5 heteroatoms. The molecule has 1 aromatic rings. The van der Waals surface area contributed by atoms with Gasteiger partial charge >= 0.3 is 5.97 Å². The van der Waals surface area contributed by atoms with Crippen LogP contribution in [-0.4, -0.2) is 11.1 Å². The Morgan fingerprint density at radius 1 is 1.57 bits per heavy atom. The van der Waals surface area contributed by atoms with Gasteiger partial charge in [0.2, 0.25) is 0 Å². The summed E-state index contributed by atoms with van der Waals surface area (Å²) < 4.78 is 13.2. The van der Waals surface area contributed by atoms with E-state index in [0.717, 1.165) is 6.08 Å². The summed E-state index contributed by atoms with van der Waals surface area (Å²) in [6.45, 7) is 0. The topological polar surface area (TPSA) is 37.3 Å². The SMILES string of the molecule is O=C(O)/C=C/c1c(Cl)ccc(F)c1Br. The van der Waals surface area contributed by atoms with Crippen LogP contribution in [0.15, 0.2) is 22.7 Å². The van der Waals surface area contributed by atoms with E-state index in [1.807, 2.05) is 0 Å². The number of aliphatic carboxylic acids is 1. The molecular weight excluding hydrogens is 274 g/mol. The normalized spacial score (nSPS) is 10.8. The standard InChI is InChI=1S/C9H5BrClFO2/c10-9-5(1-4-8(13)14)6(11)2-3-7(9)12/h1-4H,(H,13,14)/b4-1+. The van der Waals surface area contributed by atoms with Crippen LogP contribution in [-0.2, 0) is 4.79 Å². The van der Waals surface area contributed by atoms with E-state index in [1.165, 1.54) is 18.2 Å². The summed E-state index contributed by atoms with van der Waals surface area (Å²) in [4.78, 5) is 10.2. The van der Waals surface area contributed by atoms with E-state index in [2.05, 4.69) is 15.9 Å². The lowest BCUT2D eigenvalue weighted by atomic mass is 10.2. The first-order valence-corrected chi connectivity index (χ1v) is 4.74. The van der Waals surface area contributed by atoms with Gasteiger partial charge in [-0.3, -0.25) is 0 Å². The Morgan fingerprint density at radius 3 is 2.79 bits per heavy atom. The summed E-state index contributed by atoms with van der Waals surface area (Å²) in [5, 5.41) is 8.67. The third-order valence-electron chi connectivity index (χ3n) is 1.47. The van der Waals surface area contributed by atoms with E-state index >= 15 is 0 Å². The zero-order valence-corrected chi connectivity index (χ0v) is 9.14. The fourth-order valence-electron chi connectivity index (χ4n) is 0.850. The molecule has 2 nitrogen and oxygen atoms in total. The Kier molecular flexibility index (Phi) is 3.66. The van der Waals surface area contributed by atoms with Crippen molar-refractivity contribution in [3.8, 4) is 0 Å². The molecule has 1 rings (SSSR count). The molecule has 0 saturated carbocycles. The van der Waals surface area contributed by atoms with Gasteiger partial charge in [-0.2, -0.15) is 0 Å². The van der Waals surface area contributed by atoms with Gasteiger partial charge in [-0.25, -0.2) is 9.18 Å². The van der Waals surface area contributed by atoms with E-state index in [0.29, 0.717) is 5.56 Å². The van der Waals surface area contributed by atoms with Gasteiger partial charge < -0.3 is 5.11 Å². The molecule has 0 amide bonds. The van der Waals surface area contributed by atoms with Crippen molar-refractivity contribution >= 4 is 39.6 Å². The van der Waals surface area contributed by atoms with Crippen molar-refractivity contribution in [2.45, 2.75) is 0 Å². The van der Waals surface area contributed by atoms with Gasteiger partial charge in [0.05, 0.1) is 4.47 Å². The second kappa shape index (κ2) is 4.57. The zero-order valence-electron chi connectivity index (χ0n) is 6.80. The largest absolute Gasteiger partial charge is 0.478 e. The van der Waals surface area contributed by atoms with Crippen molar-refractivity contribution < 1.29 is 14.3 Å². The minimum atomic E-state index is -1.11. The molecule has 14 heavy (non-hydrogen) atoms. The minimum Gasteiger partial charge on any atom is -0.478 e. The van der Waals surface area contributed by atoms with Crippen LogP contribution in [0, 0.1) is 5.82 Å². The number of hydrogen-bond donors (Lipinski definition) is 1. The maximum atomic E-state index is 13.0. The Hall–Kier alpha value is -0.870. The fraction of sp³-hybridized carbons (Fsp3) is 0. The lowest BCUT2D eigenvalue weighted by Crippen LogP contribution is -1.88. The Labute approximate surface area is 93.1 Å². The number of carbonyl (C=O) groups is 1. The fourth-order valence-corrected chi connectivity index (χ4v) is 1.66. The monoisotopic (exact) mass is 278 g/mol. The maximum Gasteiger partial charge on any atom is 0.328 e. The first-order chi connectivity index (χ1) is 6.52. The number of rotatable bonds is 2. The average Bonchev–Trinajstić information content (AvgIpc) is 2.11.